The highest BCUT2D eigenvalue weighted by molar-refractivity contribution is 6.30. The van der Waals surface area contributed by atoms with E-state index >= 15 is 0 Å². The number of aromatic nitrogens is 2. The Morgan fingerprint density at radius 2 is 1.93 bits per heavy atom. The quantitative estimate of drug-likeness (QED) is 0.620. The molecule has 3 aromatic rings. The van der Waals surface area contributed by atoms with Crippen LogP contribution in [-0.2, 0) is 4.74 Å². The van der Waals surface area contributed by atoms with Crippen molar-refractivity contribution in [1.82, 2.24) is 9.97 Å². The molecule has 1 aliphatic rings. The maximum absolute atomic E-state index is 6.08. The molecule has 1 saturated heterocycles. The molecule has 4 rings (SSSR count). The number of rotatable bonds is 6. The van der Waals surface area contributed by atoms with Crippen molar-refractivity contribution in [2.24, 2.45) is 0 Å². The number of halogens is 1. The first-order valence-corrected chi connectivity index (χ1v) is 9.47. The summed E-state index contributed by atoms with van der Waals surface area (Å²) in [6.45, 7) is 1.58. The van der Waals surface area contributed by atoms with E-state index in [1.54, 1.807) is 0 Å². The molecule has 0 bridgehead atoms. The van der Waals surface area contributed by atoms with Crippen LogP contribution >= 0.6 is 11.6 Å². The lowest BCUT2D eigenvalue weighted by molar-refractivity contribution is 0.120. The van der Waals surface area contributed by atoms with Gasteiger partial charge in [-0.05, 0) is 31.0 Å². The lowest BCUT2D eigenvalue weighted by atomic mass is 10.1. The monoisotopic (exact) mass is 380 g/mol. The Kier molecular flexibility index (Phi) is 5.51. The first-order valence-electron chi connectivity index (χ1n) is 9.09. The lowest BCUT2D eigenvalue weighted by Gasteiger charge is -2.14. The Labute approximate surface area is 163 Å². The Morgan fingerprint density at radius 1 is 1.04 bits per heavy atom. The minimum Gasteiger partial charge on any atom is -0.376 e. The van der Waals surface area contributed by atoms with Crippen LogP contribution in [0.2, 0.25) is 5.02 Å². The van der Waals surface area contributed by atoms with E-state index in [4.69, 9.17) is 16.3 Å². The number of ether oxygens (including phenoxy) is 1. The van der Waals surface area contributed by atoms with Crippen LogP contribution in [0.4, 0.5) is 17.5 Å². The summed E-state index contributed by atoms with van der Waals surface area (Å²) in [7, 11) is 0. The summed E-state index contributed by atoms with van der Waals surface area (Å²) in [6, 6.07) is 19.5. The van der Waals surface area contributed by atoms with Gasteiger partial charge in [-0.2, -0.15) is 4.98 Å². The highest BCUT2D eigenvalue weighted by atomic mass is 35.5. The molecule has 1 aromatic heterocycles. The minimum absolute atomic E-state index is 0.240. The Balaban J connectivity index is 1.61. The largest absolute Gasteiger partial charge is 0.376 e. The third-order valence-electron chi connectivity index (χ3n) is 4.41. The minimum atomic E-state index is 0.240. The van der Waals surface area contributed by atoms with E-state index in [1.165, 1.54) is 0 Å². The molecule has 0 spiro atoms. The number of hydrogen-bond acceptors (Lipinski definition) is 5. The second kappa shape index (κ2) is 8.37. The molecule has 138 valence electrons. The summed E-state index contributed by atoms with van der Waals surface area (Å²) in [4.78, 5) is 9.28. The zero-order valence-electron chi connectivity index (χ0n) is 14.9. The van der Waals surface area contributed by atoms with Gasteiger partial charge in [0.2, 0.25) is 5.95 Å². The molecule has 1 aliphatic heterocycles. The third kappa shape index (κ3) is 4.76. The standard InChI is InChI=1S/C21H21ClN4O/c22-16-8-4-9-17(12-16)24-21-25-19(15-6-2-1-3-7-15)13-20(26-21)23-14-18-10-5-11-27-18/h1-4,6-9,12-13,18H,5,10-11,14H2,(H2,23,24,25,26). The third-order valence-corrected chi connectivity index (χ3v) is 4.65. The van der Waals surface area contributed by atoms with E-state index in [1.807, 2.05) is 60.7 Å². The molecule has 0 aliphatic carbocycles. The van der Waals surface area contributed by atoms with Gasteiger partial charge in [0.25, 0.3) is 0 Å². The first kappa shape index (κ1) is 17.8. The van der Waals surface area contributed by atoms with Crippen LogP contribution in [0.25, 0.3) is 11.3 Å². The van der Waals surface area contributed by atoms with Crippen molar-refractivity contribution in [3.05, 3.63) is 65.7 Å². The molecule has 2 N–H and O–H groups in total. The van der Waals surface area contributed by atoms with Crippen LogP contribution in [0.15, 0.2) is 60.7 Å². The molecular formula is C21H21ClN4O. The highest BCUT2D eigenvalue weighted by Crippen LogP contribution is 2.24. The topological polar surface area (TPSA) is 59.1 Å². The molecule has 1 fully saturated rings. The average molecular weight is 381 g/mol. The number of nitrogens with one attached hydrogen (secondary N) is 2. The Morgan fingerprint density at radius 3 is 2.70 bits per heavy atom. The maximum Gasteiger partial charge on any atom is 0.229 e. The van der Waals surface area contributed by atoms with E-state index in [2.05, 4.69) is 20.6 Å². The van der Waals surface area contributed by atoms with Crippen molar-refractivity contribution in [2.45, 2.75) is 18.9 Å². The molecule has 27 heavy (non-hydrogen) atoms. The Hall–Kier alpha value is -2.63. The molecule has 5 nitrogen and oxygen atoms in total. The van der Waals surface area contributed by atoms with Crippen molar-refractivity contribution in [3.8, 4) is 11.3 Å². The second-order valence-electron chi connectivity index (χ2n) is 6.48. The molecule has 2 heterocycles. The zero-order valence-corrected chi connectivity index (χ0v) is 15.6. The van der Waals surface area contributed by atoms with Gasteiger partial charge in [-0.3, -0.25) is 0 Å². The lowest BCUT2D eigenvalue weighted by Crippen LogP contribution is -2.19. The maximum atomic E-state index is 6.08. The molecule has 1 atom stereocenters. The fraction of sp³-hybridized carbons (Fsp3) is 0.238. The van der Waals surface area contributed by atoms with Crippen LogP contribution in [0.3, 0.4) is 0 Å². The molecular weight excluding hydrogens is 360 g/mol. The van der Waals surface area contributed by atoms with Gasteiger partial charge in [0.15, 0.2) is 0 Å². The van der Waals surface area contributed by atoms with Gasteiger partial charge in [0.1, 0.15) is 5.82 Å². The van der Waals surface area contributed by atoms with Crippen molar-refractivity contribution in [2.75, 3.05) is 23.8 Å². The van der Waals surface area contributed by atoms with Crippen molar-refractivity contribution in [1.29, 1.82) is 0 Å². The summed E-state index contributed by atoms with van der Waals surface area (Å²) >= 11 is 6.08. The van der Waals surface area contributed by atoms with Gasteiger partial charge in [-0.1, -0.05) is 48.0 Å². The van der Waals surface area contributed by atoms with E-state index in [-0.39, 0.29) is 6.10 Å². The van der Waals surface area contributed by atoms with Gasteiger partial charge in [-0.25, -0.2) is 4.98 Å². The highest BCUT2D eigenvalue weighted by Gasteiger charge is 2.16. The number of hydrogen-bond donors (Lipinski definition) is 2. The molecule has 6 heteroatoms. The summed E-state index contributed by atoms with van der Waals surface area (Å²) in [5, 5.41) is 7.30. The van der Waals surface area contributed by atoms with Crippen LogP contribution in [0.5, 0.6) is 0 Å². The van der Waals surface area contributed by atoms with Gasteiger partial charge < -0.3 is 15.4 Å². The van der Waals surface area contributed by atoms with E-state index in [9.17, 15) is 0 Å². The van der Waals surface area contributed by atoms with Crippen LogP contribution in [-0.4, -0.2) is 29.2 Å². The molecule has 0 saturated carbocycles. The van der Waals surface area contributed by atoms with Crippen molar-refractivity contribution < 1.29 is 4.74 Å². The molecule has 1 unspecified atom stereocenters. The molecule has 0 radical (unpaired) electrons. The van der Waals surface area contributed by atoms with Gasteiger partial charge in [0.05, 0.1) is 11.8 Å². The number of benzene rings is 2. The van der Waals surface area contributed by atoms with Gasteiger partial charge >= 0.3 is 0 Å². The van der Waals surface area contributed by atoms with Crippen LogP contribution in [0.1, 0.15) is 12.8 Å². The van der Waals surface area contributed by atoms with Gasteiger partial charge in [-0.15, -0.1) is 0 Å². The molecule has 0 amide bonds. The SMILES string of the molecule is Clc1cccc(Nc2nc(NCC3CCCO3)cc(-c3ccccc3)n2)c1. The van der Waals surface area contributed by atoms with Crippen LogP contribution in [0, 0.1) is 0 Å². The smallest absolute Gasteiger partial charge is 0.229 e. The summed E-state index contributed by atoms with van der Waals surface area (Å²) in [6.07, 6.45) is 2.44. The first-order chi connectivity index (χ1) is 13.3. The number of anilines is 3. The summed E-state index contributed by atoms with van der Waals surface area (Å²) in [5.74, 6) is 1.29. The summed E-state index contributed by atoms with van der Waals surface area (Å²) < 4.78 is 5.69. The van der Waals surface area contributed by atoms with Gasteiger partial charge in [0, 0.05) is 35.5 Å². The fourth-order valence-corrected chi connectivity index (χ4v) is 3.26. The number of nitrogens with zero attached hydrogens (tertiary/aromatic N) is 2. The predicted molar refractivity (Wildman–Crippen MR) is 110 cm³/mol. The van der Waals surface area contributed by atoms with E-state index < -0.39 is 0 Å². The van der Waals surface area contributed by atoms with E-state index in [0.29, 0.717) is 11.0 Å². The normalized spacial score (nSPS) is 16.3. The predicted octanol–water partition coefficient (Wildman–Crippen LogP) is 5.13. The zero-order chi connectivity index (χ0) is 18.5. The average Bonchev–Trinajstić information content (AvgIpc) is 3.21. The Bertz CT molecular complexity index is 898. The second-order valence-corrected chi connectivity index (χ2v) is 6.92. The van der Waals surface area contributed by atoms with Crippen molar-refractivity contribution in [3.63, 3.8) is 0 Å². The fourth-order valence-electron chi connectivity index (χ4n) is 3.07. The summed E-state index contributed by atoms with van der Waals surface area (Å²) in [5.41, 5.74) is 2.73. The molecule has 2 aromatic carbocycles. The van der Waals surface area contributed by atoms with E-state index in [0.717, 1.165) is 48.8 Å². The van der Waals surface area contributed by atoms with Crippen LogP contribution < -0.4 is 10.6 Å². The van der Waals surface area contributed by atoms with Crippen molar-refractivity contribution >= 4 is 29.1 Å².